The first-order valence-electron chi connectivity index (χ1n) is 43.1. The Balaban J connectivity index is 1.22. The first-order chi connectivity index (χ1) is 61.8. The van der Waals surface area contributed by atoms with Crippen LogP contribution in [0.25, 0.3) is 10.9 Å². The molecule has 2 heterocycles. The monoisotopic (exact) mass is 1810 g/mol. The van der Waals surface area contributed by atoms with Gasteiger partial charge in [0.05, 0.1) is 31.8 Å². The lowest BCUT2D eigenvalue weighted by molar-refractivity contribution is -0.151. The summed E-state index contributed by atoms with van der Waals surface area (Å²) < 4.78 is 0. The van der Waals surface area contributed by atoms with E-state index >= 15 is 43.2 Å². The normalized spacial score (nSPS) is 21.9. The van der Waals surface area contributed by atoms with E-state index in [0.717, 1.165) is 31.4 Å². The maximum Gasteiger partial charge on any atom is 0.305 e. The summed E-state index contributed by atoms with van der Waals surface area (Å²) >= 11 is 0.833. The average Bonchev–Trinajstić information content (AvgIpc) is 1.75. The van der Waals surface area contributed by atoms with Gasteiger partial charge in [0.1, 0.15) is 78.0 Å². The molecule has 0 saturated carbocycles. The van der Waals surface area contributed by atoms with E-state index in [2.05, 4.69) is 47.5 Å². The standard InChI is InChI=1S/C94H120N16O19S/c1-12-13-33-74-92(127)106(7)53-79(114)98-69(49-82(117)118)86(121)104-83(57(4)5)94(129)109(10)76(45-59-27-19-15-20-28-59)88(123)102-70(44-61-34-38-64(111)39-35-61)89(124)105(6)52-80(115)99-72(48-63-50-96-67-32-24-23-31-66(63)67)91(126)108(9)75(46-62-36-40-65(112)41-37-62)87(122)101-68(42-56(2)3)85(120)103-73(84(119)97-51-78(95)113)54-130-55-81(116)100-71(43-58-25-17-14-18-26-58)90(125)110(11)77(93(128)107(74)8)47-60-29-21-16-22-30-60/h14-32,34-41,50,56-57,68-77,83,96,111-112H,12-13,33,42-49,51-55H2,1-11H3,(H2,95,113)(H,97,119)(H,98,114)(H,99,115)(H,100,116)(H,101,122)(H,102,123)(H,103,120)(H,104,121)(H,117,118)/t68-,69-,70-,71-,72-,73-,74-,75-,76?,77-,83-/m0/s1. The molecule has 1 saturated heterocycles. The summed E-state index contributed by atoms with van der Waals surface area (Å²) in [5, 5.41) is 53.1. The van der Waals surface area contributed by atoms with Gasteiger partial charge >= 0.3 is 5.97 Å². The Kier molecular flexibility index (Phi) is 38.4. The Labute approximate surface area is 759 Å². The van der Waals surface area contributed by atoms with Crippen molar-refractivity contribution in [3.63, 3.8) is 0 Å². The summed E-state index contributed by atoms with van der Waals surface area (Å²) in [6.45, 7) is 6.20. The van der Waals surface area contributed by atoms with Gasteiger partial charge in [-0.1, -0.05) is 181 Å². The number of unbranched alkanes of at least 4 members (excludes halogenated alkanes) is 1. The summed E-state index contributed by atoms with van der Waals surface area (Å²) in [5.41, 5.74) is 9.16. The molecular formula is C94H120N16O19S. The highest BCUT2D eigenvalue weighted by Crippen LogP contribution is 2.26. The highest BCUT2D eigenvalue weighted by atomic mass is 32.2. The van der Waals surface area contributed by atoms with Gasteiger partial charge in [-0.25, -0.2) is 0 Å². The van der Waals surface area contributed by atoms with Gasteiger partial charge in [0.15, 0.2) is 0 Å². The van der Waals surface area contributed by atoms with Crippen molar-refractivity contribution in [3.05, 3.63) is 203 Å². The van der Waals surface area contributed by atoms with Crippen LogP contribution >= 0.6 is 11.8 Å². The van der Waals surface area contributed by atoms with Crippen LogP contribution in [0.3, 0.4) is 0 Å². The molecule has 15 amide bonds. The quantitative estimate of drug-likeness (QED) is 0.0438. The zero-order chi connectivity index (χ0) is 95.2. The van der Waals surface area contributed by atoms with Crippen molar-refractivity contribution in [3.8, 4) is 11.5 Å². The second kappa shape index (κ2) is 49.0. The van der Waals surface area contributed by atoms with Gasteiger partial charge in [0.2, 0.25) is 88.6 Å². The molecule has 1 aliphatic rings. The highest BCUT2D eigenvalue weighted by molar-refractivity contribution is 8.00. The summed E-state index contributed by atoms with van der Waals surface area (Å²) in [6, 6.07) is 27.4. The third-order valence-electron chi connectivity index (χ3n) is 22.5. The Morgan fingerprint density at radius 1 is 0.454 bits per heavy atom. The lowest BCUT2D eigenvalue weighted by Gasteiger charge is -2.37. The fraction of sp³-hybridized carbons (Fsp3) is 0.426. The van der Waals surface area contributed by atoms with Crippen molar-refractivity contribution in [2.75, 3.05) is 73.4 Å². The molecule has 130 heavy (non-hydrogen) atoms. The number of nitrogens with two attached hydrogens (primary N) is 1. The summed E-state index contributed by atoms with van der Waals surface area (Å²) in [4.78, 5) is 246. The third kappa shape index (κ3) is 30.0. The van der Waals surface area contributed by atoms with E-state index < -0.39 is 199 Å². The van der Waals surface area contributed by atoms with Crippen molar-refractivity contribution in [2.45, 2.75) is 172 Å². The number of hydrogen-bond acceptors (Lipinski definition) is 19. The molecule has 0 aliphatic carbocycles. The number of phenolic OH excluding ortho intramolecular Hbond substituents is 2. The number of thioether (sulfide) groups is 1. The molecule has 1 unspecified atom stereocenters. The van der Waals surface area contributed by atoms with Crippen LogP contribution in [-0.4, -0.2) is 284 Å². The van der Waals surface area contributed by atoms with Crippen molar-refractivity contribution >= 4 is 117 Å². The van der Waals surface area contributed by atoms with Crippen LogP contribution in [-0.2, 0) is 115 Å². The SMILES string of the molecule is CCCC[C@H]1C(=O)N(C)CC(=O)N[C@@H](CC(=O)O)C(=O)N[C@@H](C(C)C)C(=O)N(C)C(Cc2ccccc2)C(=O)N[C@@H](Cc2ccc(O)cc2)C(=O)N(C)CC(=O)N[C@@H](Cc2c[nH]c3ccccc23)C(=O)N(C)[C@@H](Cc2ccc(O)cc2)C(=O)N[C@@H](CC(C)C)C(=O)N[C@H](C(=O)NCC(N)=O)CSCC(=O)N[C@@H](Cc2ccccc2)C(=O)N(C)[C@@H](Cc2ccccc2)C(=O)N1C. The number of amides is 15. The number of aromatic nitrogens is 1. The van der Waals surface area contributed by atoms with Crippen LogP contribution < -0.4 is 48.3 Å². The number of para-hydroxylation sites is 1. The highest BCUT2D eigenvalue weighted by Gasteiger charge is 2.43. The zero-order valence-corrected chi connectivity index (χ0v) is 75.8. The van der Waals surface area contributed by atoms with Crippen LogP contribution in [0.1, 0.15) is 100 Å². The van der Waals surface area contributed by atoms with Gasteiger partial charge in [-0.3, -0.25) is 76.7 Å². The summed E-state index contributed by atoms with van der Waals surface area (Å²) in [7, 11) is 7.86. The molecule has 0 bridgehead atoms. The predicted octanol–water partition coefficient (Wildman–Crippen LogP) is 2.67. The molecule has 1 fully saturated rings. The van der Waals surface area contributed by atoms with E-state index in [0.29, 0.717) is 57.1 Å². The number of rotatable bonds is 23. The van der Waals surface area contributed by atoms with E-state index in [9.17, 15) is 48.9 Å². The number of aromatic hydroxyl groups is 2. The van der Waals surface area contributed by atoms with Crippen LogP contribution in [0, 0.1) is 11.8 Å². The van der Waals surface area contributed by atoms with Crippen LogP contribution in [0.2, 0.25) is 0 Å². The molecule has 6 aromatic carbocycles. The number of carboxylic acid groups (broad SMARTS) is 1. The molecule has 0 spiro atoms. The lowest BCUT2D eigenvalue weighted by atomic mass is 9.98. The van der Waals surface area contributed by atoms with Gasteiger partial charge in [0, 0.05) is 104 Å². The van der Waals surface area contributed by atoms with Crippen molar-refractivity contribution in [1.29, 1.82) is 0 Å². The number of carbonyl (C=O) groups excluding carboxylic acids is 15. The van der Waals surface area contributed by atoms with Crippen LogP contribution in [0.5, 0.6) is 11.5 Å². The van der Waals surface area contributed by atoms with Crippen LogP contribution in [0.15, 0.2) is 170 Å². The molecular weight excluding hydrogens is 1690 g/mol. The molecule has 11 atom stereocenters. The molecule has 1 aromatic heterocycles. The predicted molar refractivity (Wildman–Crippen MR) is 487 cm³/mol. The number of carbonyl (C=O) groups is 16. The van der Waals surface area contributed by atoms with Crippen molar-refractivity contribution in [1.82, 2.24) is 76.9 Å². The van der Waals surface area contributed by atoms with Crippen LogP contribution in [0.4, 0.5) is 0 Å². The minimum atomic E-state index is -1.91. The Morgan fingerprint density at radius 2 is 0.885 bits per heavy atom. The number of carboxylic acids is 1. The molecule has 36 heteroatoms. The number of phenols is 2. The second-order valence-electron chi connectivity index (χ2n) is 33.5. The topological polar surface area (TPSA) is 491 Å². The first-order valence-corrected chi connectivity index (χ1v) is 44.2. The number of primary amides is 1. The van der Waals surface area contributed by atoms with Gasteiger partial charge < -0.3 is 98.0 Å². The maximum absolute atomic E-state index is 15.8. The van der Waals surface area contributed by atoms with Crippen molar-refractivity contribution in [2.24, 2.45) is 17.6 Å². The number of nitrogens with one attached hydrogen (secondary N) is 9. The van der Waals surface area contributed by atoms with E-state index in [1.165, 1.54) is 101 Å². The number of H-pyrrole nitrogens is 1. The van der Waals surface area contributed by atoms with E-state index in [4.69, 9.17) is 5.73 Å². The number of aromatic amines is 1. The Hall–Kier alpha value is -13.7. The first kappa shape index (κ1) is 102. The number of benzene rings is 6. The fourth-order valence-corrected chi connectivity index (χ4v) is 16.1. The molecule has 0 radical (unpaired) electrons. The smallest absolute Gasteiger partial charge is 0.305 e. The van der Waals surface area contributed by atoms with Gasteiger partial charge in [-0.15, -0.1) is 11.8 Å². The van der Waals surface area contributed by atoms with E-state index in [-0.39, 0.29) is 74.5 Å². The Morgan fingerprint density at radius 3 is 1.40 bits per heavy atom. The molecule has 696 valence electrons. The summed E-state index contributed by atoms with van der Waals surface area (Å²) in [5.74, 6) is -17.3. The van der Waals surface area contributed by atoms with Gasteiger partial charge in [0.25, 0.3) is 0 Å². The molecule has 14 N–H and O–H groups in total. The minimum Gasteiger partial charge on any atom is -0.508 e. The number of likely N-dealkylation sites (N-methyl/N-ethyl adjacent to an activating group) is 6. The molecule has 7 aromatic rings. The molecule has 35 nitrogen and oxygen atoms in total. The molecule has 8 rings (SSSR count). The number of hydrogen-bond donors (Lipinski definition) is 13. The van der Waals surface area contributed by atoms with Gasteiger partial charge in [-0.05, 0) is 88.4 Å². The molecule has 1 aliphatic heterocycles. The van der Waals surface area contributed by atoms with Gasteiger partial charge in [-0.2, -0.15) is 0 Å². The lowest BCUT2D eigenvalue weighted by Crippen LogP contribution is -2.61. The number of fused-ring (bicyclic) bond motifs is 1. The second-order valence-corrected chi connectivity index (χ2v) is 34.5. The van der Waals surface area contributed by atoms with Crippen molar-refractivity contribution < 1.29 is 92.0 Å². The van der Waals surface area contributed by atoms with E-state index in [1.54, 1.807) is 149 Å². The summed E-state index contributed by atoms with van der Waals surface area (Å²) in [6.07, 6.45) is 0.148. The number of nitrogens with zero attached hydrogens (tertiary/aromatic N) is 6. The fourth-order valence-electron chi connectivity index (χ4n) is 15.2. The largest absolute Gasteiger partial charge is 0.508 e. The Bertz CT molecular complexity index is 5100. The minimum absolute atomic E-state index is 0.0300. The third-order valence-corrected chi connectivity index (χ3v) is 23.6. The van der Waals surface area contributed by atoms with E-state index in [1.807, 2.05) is 6.92 Å². The average molecular weight is 1810 g/mol. The number of aliphatic carboxylic acids is 1. The maximum atomic E-state index is 15.8. The zero-order valence-electron chi connectivity index (χ0n) is 75.0.